The van der Waals surface area contributed by atoms with Crippen LogP contribution in [0.25, 0.3) is 0 Å². The molecule has 1 amide bonds. The third-order valence-corrected chi connectivity index (χ3v) is 4.76. The SMILES string of the molecule is CCC(CC)(CN)C(=O)NC(c1ccccc1)C1CC1. The Kier molecular flexibility index (Phi) is 4.81. The molecular weight excluding hydrogens is 248 g/mol. The van der Waals surface area contributed by atoms with E-state index in [4.69, 9.17) is 5.73 Å². The fourth-order valence-electron chi connectivity index (χ4n) is 2.81. The summed E-state index contributed by atoms with van der Waals surface area (Å²) in [5, 5.41) is 3.27. The van der Waals surface area contributed by atoms with Gasteiger partial charge in [-0.05, 0) is 37.2 Å². The maximum Gasteiger partial charge on any atom is 0.227 e. The molecule has 0 heterocycles. The number of nitrogens with two attached hydrogens (primary N) is 1. The van der Waals surface area contributed by atoms with Crippen LogP contribution < -0.4 is 11.1 Å². The first-order valence-electron chi connectivity index (χ1n) is 7.73. The van der Waals surface area contributed by atoms with Gasteiger partial charge in [0.25, 0.3) is 0 Å². The van der Waals surface area contributed by atoms with E-state index in [1.54, 1.807) is 0 Å². The molecule has 1 saturated carbocycles. The van der Waals surface area contributed by atoms with Gasteiger partial charge >= 0.3 is 0 Å². The third-order valence-electron chi connectivity index (χ3n) is 4.76. The third kappa shape index (κ3) is 3.04. The van der Waals surface area contributed by atoms with Crippen LogP contribution in [0.15, 0.2) is 30.3 Å². The molecule has 0 saturated heterocycles. The first kappa shape index (κ1) is 15.0. The lowest BCUT2D eigenvalue weighted by Crippen LogP contribution is -2.46. The minimum atomic E-state index is -0.415. The van der Waals surface area contributed by atoms with Gasteiger partial charge < -0.3 is 11.1 Å². The summed E-state index contributed by atoms with van der Waals surface area (Å²) < 4.78 is 0. The Labute approximate surface area is 121 Å². The second-order valence-corrected chi connectivity index (χ2v) is 5.89. The van der Waals surface area contributed by atoms with Crippen LogP contribution in [0.2, 0.25) is 0 Å². The van der Waals surface area contributed by atoms with Crippen LogP contribution in [-0.2, 0) is 4.79 Å². The number of nitrogens with one attached hydrogen (secondary N) is 1. The van der Waals surface area contributed by atoms with E-state index < -0.39 is 5.41 Å². The zero-order valence-corrected chi connectivity index (χ0v) is 12.6. The zero-order valence-electron chi connectivity index (χ0n) is 12.6. The summed E-state index contributed by atoms with van der Waals surface area (Å²) in [7, 11) is 0. The van der Waals surface area contributed by atoms with Crippen molar-refractivity contribution in [3.05, 3.63) is 35.9 Å². The van der Waals surface area contributed by atoms with Crippen molar-refractivity contribution in [3.8, 4) is 0 Å². The standard InChI is InChI=1S/C17H26N2O/c1-3-17(4-2,12-18)16(20)19-15(14-10-11-14)13-8-6-5-7-9-13/h5-9,14-15H,3-4,10-12,18H2,1-2H3,(H,19,20). The van der Waals surface area contributed by atoms with Gasteiger partial charge in [0.15, 0.2) is 0 Å². The molecule has 1 aliphatic carbocycles. The van der Waals surface area contributed by atoms with E-state index in [0.717, 1.165) is 12.8 Å². The van der Waals surface area contributed by atoms with Gasteiger partial charge in [0.2, 0.25) is 5.91 Å². The molecule has 0 bridgehead atoms. The average Bonchev–Trinajstić information content (AvgIpc) is 3.33. The van der Waals surface area contributed by atoms with Gasteiger partial charge in [-0.25, -0.2) is 0 Å². The van der Waals surface area contributed by atoms with Crippen molar-refractivity contribution < 1.29 is 4.79 Å². The summed E-state index contributed by atoms with van der Waals surface area (Å²) in [5.74, 6) is 0.705. The molecule has 1 aromatic rings. The normalized spacial score (nSPS) is 16.8. The largest absolute Gasteiger partial charge is 0.348 e. The van der Waals surface area contributed by atoms with Gasteiger partial charge in [0.1, 0.15) is 0 Å². The molecule has 1 aromatic carbocycles. The first-order valence-corrected chi connectivity index (χ1v) is 7.73. The molecule has 3 nitrogen and oxygen atoms in total. The number of carbonyl (C=O) groups excluding carboxylic acids is 1. The topological polar surface area (TPSA) is 55.1 Å². The minimum Gasteiger partial charge on any atom is -0.348 e. The molecule has 1 fully saturated rings. The van der Waals surface area contributed by atoms with Crippen LogP contribution >= 0.6 is 0 Å². The van der Waals surface area contributed by atoms with E-state index in [9.17, 15) is 4.79 Å². The van der Waals surface area contributed by atoms with E-state index in [-0.39, 0.29) is 11.9 Å². The van der Waals surface area contributed by atoms with Crippen LogP contribution in [0.5, 0.6) is 0 Å². The van der Waals surface area contributed by atoms with Crippen molar-refractivity contribution in [2.24, 2.45) is 17.1 Å². The molecule has 0 aromatic heterocycles. The van der Waals surface area contributed by atoms with Crippen molar-refractivity contribution in [3.63, 3.8) is 0 Å². The van der Waals surface area contributed by atoms with Gasteiger partial charge in [0, 0.05) is 6.54 Å². The Morgan fingerprint density at radius 2 is 1.90 bits per heavy atom. The van der Waals surface area contributed by atoms with Gasteiger partial charge in [-0.2, -0.15) is 0 Å². The number of hydrogen-bond acceptors (Lipinski definition) is 2. The molecule has 3 N–H and O–H groups in total. The second-order valence-electron chi connectivity index (χ2n) is 5.89. The maximum absolute atomic E-state index is 12.7. The van der Waals surface area contributed by atoms with E-state index >= 15 is 0 Å². The lowest BCUT2D eigenvalue weighted by atomic mass is 9.81. The van der Waals surface area contributed by atoms with Crippen molar-refractivity contribution in [2.75, 3.05) is 6.54 Å². The number of hydrogen-bond donors (Lipinski definition) is 2. The Hall–Kier alpha value is -1.35. The Balaban J connectivity index is 2.15. The second kappa shape index (κ2) is 6.40. The molecular formula is C17H26N2O. The molecule has 0 radical (unpaired) electrons. The molecule has 3 heteroatoms. The van der Waals surface area contributed by atoms with Crippen LogP contribution in [0, 0.1) is 11.3 Å². The molecule has 0 aliphatic heterocycles. The summed E-state index contributed by atoms with van der Waals surface area (Å²) in [6.45, 7) is 4.51. The van der Waals surface area contributed by atoms with Crippen molar-refractivity contribution in [2.45, 2.75) is 45.6 Å². The van der Waals surface area contributed by atoms with E-state index in [1.165, 1.54) is 18.4 Å². The monoisotopic (exact) mass is 274 g/mol. The minimum absolute atomic E-state index is 0.116. The molecule has 1 unspecified atom stereocenters. The predicted molar refractivity (Wildman–Crippen MR) is 82.1 cm³/mol. The molecule has 1 atom stereocenters. The molecule has 20 heavy (non-hydrogen) atoms. The summed E-state index contributed by atoms with van der Waals surface area (Å²) in [6.07, 6.45) is 3.98. The van der Waals surface area contributed by atoms with Crippen molar-refractivity contribution in [1.82, 2.24) is 5.32 Å². The highest BCUT2D eigenvalue weighted by molar-refractivity contribution is 5.83. The lowest BCUT2D eigenvalue weighted by molar-refractivity contribution is -0.132. The average molecular weight is 274 g/mol. The molecule has 2 rings (SSSR count). The Bertz CT molecular complexity index is 427. The smallest absolute Gasteiger partial charge is 0.227 e. The highest BCUT2D eigenvalue weighted by Gasteiger charge is 2.39. The fourth-order valence-corrected chi connectivity index (χ4v) is 2.81. The number of benzene rings is 1. The summed E-state index contributed by atoms with van der Waals surface area (Å²) in [4.78, 5) is 12.7. The quantitative estimate of drug-likeness (QED) is 0.803. The van der Waals surface area contributed by atoms with E-state index in [1.807, 2.05) is 32.0 Å². The zero-order chi connectivity index (χ0) is 14.6. The lowest BCUT2D eigenvalue weighted by Gasteiger charge is -2.31. The van der Waals surface area contributed by atoms with E-state index in [0.29, 0.717) is 12.5 Å². The highest BCUT2D eigenvalue weighted by Crippen LogP contribution is 2.41. The fraction of sp³-hybridized carbons (Fsp3) is 0.588. The number of amides is 1. The molecule has 0 spiro atoms. The van der Waals surface area contributed by atoms with Crippen LogP contribution in [0.4, 0.5) is 0 Å². The van der Waals surface area contributed by atoms with Crippen molar-refractivity contribution >= 4 is 5.91 Å². The molecule has 110 valence electrons. The van der Waals surface area contributed by atoms with Gasteiger partial charge in [0.05, 0.1) is 11.5 Å². The van der Waals surface area contributed by atoms with Crippen LogP contribution in [0.3, 0.4) is 0 Å². The van der Waals surface area contributed by atoms with Crippen LogP contribution in [-0.4, -0.2) is 12.5 Å². The van der Waals surface area contributed by atoms with Gasteiger partial charge in [-0.15, -0.1) is 0 Å². The van der Waals surface area contributed by atoms with Crippen LogP contribution in [0.1, 0.15) is 51.1 Å². The summed E-state index contributed by atoms with van der Waals surface area (Å²) >= 11 is 0. The Morgan fingerprint density at radius 3 is 2.35 bits per heavy atom. The van der Waals surface area contributed by atoms with Gasteiger partial charge in [-0.3, -0.25) is 4.79 Å². The Morgan fingerprint density at radius 1 is 1.30 bits per heavy atom. The maximum atomic E-state index is 12.7. The van der Waals surface area contributed by atoms with Crippen molar-refractivity contribution in [1.29, 1.82) is 0 Å². The predicted octanol–water partition coefficient (Wildman–Crippen LogP) is 3.02. The van der Waals surface area contributed by atoms with E-state index in [2.05, 4.69) is 17.4 Å². The van der Waals surface area contributed by atoms with Gasteiger partial charge in [-0.1, -0.05) is 44.2 Å². The number of carbonyl (C=O) groups is 1. The molecule has 1 aliphatic rings. The summed E-state index contributed by atoms with van der Waals surface area (Å²) in [5.41, 5.74) is 6.67. The number of rotatable bonds is 7. The highest BCUT2D eigenvalue weighted by atomic mass is 16.2. The summed E-state index contributed by atoms with van der Waals surface area (Å²) in [6, 6.07) is 10.4. The first-order chi connectivity index (χ1) is 9.66.